The number of benzene rings is 1. The van der Waals surface area contributed by atoms with Crippen LogP contribution in [0.5, 0.6) is 17.2 Å². The highest BCUT2D eigenvalue weighted by atomic mass is 19.1. The van der Waals surface area contributed by atoms with Gasteiger partial charge in [-0.25, -0.2) is 9.29 Å². The Labute approximate surface area is 140 Å². The highest BCUT2D eigenvalue weighted by molar-refractivity contribution is 5.58. The number of aliphatic hydroxyl groups is 2. The van der Waals surface area contributed by atoms with E-state index in [-0.39, 0.29) is 25.3 Å². The molecule has 1 aromatic carbocycles. The minimum absolute atomic E-state index is 0.0759. The van der Waals surface area contributed by atoms with Gasteiger partial charge in [-0.05, 0) is 20.8 Å². The van der Waals surface area contributed by atoms with Gasteiger partial charge in [-0.2, -0.15) is 0 Å². The third-order valence-electron chi connectivity index (χ3n) is 3.79. The Kier molecular flexibility index (Phi) is 6.40. The van der Waals surface area contributed by atoms with Crippen molar-refractivity contribution < 1.29 is 34.7 Å². The molecule has 1 fully saturated rings. The van der Waals surface area contributed by atoms with Crippen LogP contribution in [0.1, 0.15) is 38.8 Å². The molecule has 5 N–H and O–H groups in total. The molecular weight excluding hydrogens is 321 g/mol. The van der Waals surface area contributed by atoms with Crippen molar-refractivity contribution in [1.82, 2.24) is 4.90 Å². The molecule has 0 aromatic heterocycles. The van der Waals surface area contributed by atoms with E-state index in [0.29, 0.717) is 0 Å². The zero-order valence-electron chi connectivity index (χ0n) is 14.5. The van der Waals surface area contributed by atoms with Gasteiger partial charge in [-0.1, -0.05) is 13.8 Å². The summed E-state index contributed by atoms with van der Waals surface area (Å²) in [4.78, 5) is 1.12. The molecule has 1 aliphatic heterocycles. The molecule has 0 spiro atoms. The number of hydrogen-bond donors (Lipinski definition) is 5. The Bertz CT molecular complexity index is 553. The van der Waals surface area contributed by atoms with Crippen LogP contribution in [0.3, 0.4) is 0 Å². The van der Waals surface area contributed by atoms with Crippen molar-refractivity contribution in [2.75, 3.05) is 13.1 Å². The summed E-state index contributed by atoms with van der Waals surface area (Å²) in [5.74, 6) is -7.05. The molecule has 7 nitrogen and oxygen atoms in total. The van der Waals surface area contributed by atoms with Crippen LogP contribution < -0.4 is 0 Å². The van der Waals surface area contributed by atoms with Gasteiger partial charge in [0.25, 0.3) is 5.91 Å². The molecule has 1 aromatic rings. The van der Waals surface area contributed by atoms with Gasteiger partial charge < -0.3 is 30.3 Å². The van der Waals surface area contributed by atoms with Crippen molar-refractivity contribution in [3.63, 3.8) is 0 Å². The standard InChI is InChI=1S/C14H20FNO6.C2H6/c1-6-4-16(5-7(2)22-6)14(20,21)9-12(18)10(15)8(3)11(17)13(9)19;1-2/h6-7,17-21H,4-5H2,1-3H3;1-2H3. The summed E-state index contributed by atoms with van der Waals surface area (Å²) in [6.45, 7) is 8.72. The number of halogens is 1. The Morgan fingerprint density at radius 1 is 1.00 bits per heavy atom. The summed E-state index contributed by atoms with van der Waals surface area (Å²) in [7, 11) is 0. The highest BCUT2D eigenvalue weighted by Gasteiger charge is 2.44. The molecule has 2 unspecified atom stereocenters. The van der Waals surface area contributed by atoms with Gasteiger partial charge in [0, 0.05) is 18.7 Å². The lowest BCUT2D eigenvalue weighted by molar-refractivity contribution is -0.299. The van der Waals surface area contributed by atoms with E-state index in [1.165, 1.54) is 0 Å². The average molecular weight is 347 g/mol. The average Bonchev–Trinajstić information content (AvgIpc) is 2.52. The van der Waals surface area contributed by atoms with E-state index < -0.39 is 40.1 Å². The topological polar surface area (TPSA) is 114 Å². The SMILES string of the molecule is CC.Cc1c(O)c(O)c(C(O)(O)N2CC(C)OC(C)C2)c(O)c1F. The van der Waals surface area contributed by atoms with Gasteiger partial charge in [0.15, 0.2) is 23.1 Å². The number of morpholine rings is 1. The van der Waals surface area contributed by atoms with Gasteiger partial charge in [0.05, 0.1) is 12.2 Å². The summed E-state index contributed by atoms with van der Waals surface area (Å²) < 4.78 is 19.4. The summed E-state index contributed by atoms with van der Waals surface area (Å²) in [5.41, 5.74) is -1.28. The molecule has 2 rings (SSSR count). The van der Waals surface area contributed by atoms with Gasteiger partial charge in [0.1, 0.15) is 5.56 Å². The van der Waals surface area contributed by atoms with Crippen LogP contribution in [0.2, 0.25) is 0 Å². The maximum atomic E-state index is 13.9. The predicted molar refractivity (Wildman–Crippen MR) is 85.2 cm³/mol. The van der Waals surface area contributed by atoms with E-state index >= 15 is 0 Å². The van der Waals surface area contributed by atoms with E-state index in [0.717, 1.165) is 11.8 Å². The minimum Gasteiger partial charge on any atom is -0.504 e. The quantitative estimate of drug-likeness (QED) is 0.313. The normalized spacial score (nSPS) is 22.0. The van der Waals surface area contributed by atoms with Crippen molar-refractivity contribution >= 4 is 0 Å². The first-order valence-corrected chi connectivity index (χ1v) is 7.86. The van der Waals surface area contributed by atoms with Crippen LogP contribution in [0.25, 0.3) is 0 Å². The summed E-state index contributed by atoms with van der Waals surface area (Å²) in [6, 6.07) is 0. The van der Waals surface area contributed by atoms with E-state index in [1.54, 1.807) is 13.8 Å². The van der Waals surface area contributed by atoms with Crippen LogP contribution in [0.4, 0.5) is 4.39 Å². The Morgan fingerprint density at radius 3 is 1.92 bits per heavy atom. The molecule has 0 saturated carbocycles. The number of hydrogen-bond acceptors (Lipinski definition) is 7. The second-order valence-corrected chi connectivity index (χ2v) is 5.66. The van der Waals surface area contributed by atoms with E-state index in [1.807, 2.05) is 13.8 Å². The zero-order valence-corrected chi connectivity index (χ0v) is 14.5. The van der Waals surface area contributed by atoms with Crippen molar-refractivity contribution in [2.45, 2.75) is 52.7 Å². The molecule has 0 bridgehead atoms. The molecule has 1 aliphatic rings. The molecule has 1 saturated heterocycles. The van der Waals surface area contributed by atoms with Crippen molar-refractivity contribution in [2.24, 2.45) is 0 Å². The fraction of sp³-hybridized carbons (Fsp3) is 0.625. The molecule has 2 atom stereocenters. The van der Waals surface area contributed by atoms with Crippen LogP contribution in [-0.4, -0.2) is 55.7 Å². The van der Waals surface area contributed by atoms with E-state index in [2.05, 4.69) is 0 Å². The highest BCUT2D eigenvalue weighted by Crippen LogP contribution is 2.46. The van der Waals surface area contributed by atoms with Crippen molar-refractivity contribution in [3.05, 3.63) is 16.9 Å². The van der Waals surface area contributed by atoms with Gasteiger partial charge >= 0.3 is 0 Å². The third kappa shape index (κ3) is 3.56. The molecule has 138 valence electrons. The number of aromatic hydroxyl groups is 3. The Hall–Kier alpha value is -1.61. The predicted octanol–water partition coefficient (Wildman–Crippen LogP) is 1.48. The van der Waals surface area contributed by atoms with Crippen molar-refractivity contribution in [1.29, 1.82) is 0 Å². The summed E-state index contributed by atoms with van der Waals surface area (Å²) >= 11 is 0. The molecule has 0 radical (unpaired) electrons. The number of nitrogens with zero attached hydrogens (tertiary/aromatic N) is 1. The monoisotopic (exact) mass is 347 g/mol. The first kappa shape index (κ1) is 20.4. The van der Waals surface area contributed by atoms with Crippen LogP contribution >= 0.6 is 0 Å². The van der Waals surface area contributed by atoms with Crippen LogP contribution in [0.15, 0.2) is 0 Å². The Balaban J connectivity index is 0.00000139. The molecular formula is C16H26FNO6. The molecule has 0 aliphatic carbocycles. The lowest BCUT2D eigenvalue weighted by atomic mass is 10.0. The first-order chi connectivity index (χ1) is 11.1. The molecule has 0 amide bonds. The van der Waals surface area contributed by atoms with Gasteiger partial charge in [0.2, 0.25) is 0 Å². The van der Waals surface area contributed by atoms with E-state index in [4.69, 9.17) is 4.74 Å². The summed E-state index contributed by atoms with van der Waals surface area (Å²) in [6.07, 6.45) is -0.675. The van der Waals surface area contributed by atoms with Gasteiger partial charge in [-0.3, -0.25) is 0 Å². The molecule has 8 heteroatoms. The minimum atomic E-state index is -2.87. The maximum Gasteiger partial charge on any atom is 0.261 e. The number of phenols is 3. The smallest absolute Gasteiger partial charge is 0.261 e. The summed E-state index contributed by atoms with van der Waals surface area (Å²) in [5, 5.41) is 50.2. The molecule has 1 heterocycles. The lowest BCUT2D eigenvalue weighted by Crippen LogP contribution is -2.55. The van der Waals surface area contributed by atoms with E-state index in [9.17, 15) is 29.9 Å². The number of phenolic OH excluding ortho intramolecular Hbond substituents is 3. The van der Waals surface area contributed by atoms with Crippen LogP contribution in [0, 0.1) is 12.7 Å². The zero-order chi connectivity index (χ0) is 18.8. The third-order valence-corrected chi connectivity index (χ3v) is 3.79. The van der Waals surface area contributed by atoms with Crippen LogP contribution in [-0.2, 0) is 10.6 Å². The second-order valence-electron chi connectivity index (χ2n) is 5.66. The lowest BCUT2D eigenvalue weighted by Gasteiger charge is -2.42. The molecule has 24 heavy (non-hydrogen) atoms. The largest absolute Gasteiger partial charge is 0.504 e. The number of rotatable bonds is 2. The van der Waals surface area contributed by atoms with Gasteiger partial charge in [-0.15, -0.1) is 0 Å². The maximum absolute atomic E-state index is 13.9. The van der Waals surface area contributed by atoms with Crippen molar-refractivity contribution in [3.8, 4) is 17.2 Å². The fourth-order valence-electron chi connectivity index (χ4n) is 2.71. The Morgan fingerprint density at radius 2 is 1.46 bits per heavy atom. The number of ether oxygens (including phenoxy) is 1. The second kappa shape index (κ2) is 7.52. The first-order valence-electron chi connectivity index (χ1n) is 7.86. The fourth-order valence-corrected chi connectivity index (χ4v) is 2.71.